The molecule has 0 saturated carbocycles. The Bertz CT molecular complexity index is 1050. The number of nitrogens with zero attached hydrogens (tertiary/aromatic N) is 2. The zero-order chi connectivity index (χ0) is 22.5. The van der Waals surface area contributed by atoms with E-state index in [2.05, 4.69) is 16.6 Å². The minimum Gasteiger partial charge on any atom is -0.489 e. The number of rotatable bonds is 8. The standard InChI is InChI=1S/C22H23N3O6/c1-5-10-30-19-12-15(24(2)3)7-6-14(19)11-17-20(26)25(22(28)23-17)13-16-8-9-18(31-16)21(27)29-4/h5-9,11-12H,1,10,13H2,2-4H3,(H,23,28). The van der Waals surface area contributed by atoms with Crippen LogP contribution < -0.4 is 15.0 Å². The van der Waals surface area contributed by atoms with Gasteiger partial charge in [-0.3, -0.25) is 9.69 Å². The Hall–Kier alpha value is -4.01. The van der Waals surface area contributed by atoms with Gasteiger partial charge in [0.15, 0.2) is 0 Å². The molecule has 162 valence electrons. The molecular formula is C22H23N3O6. The van der Waals surface area contributed by atoms with Crippen LogP contribution in [0.25, 0.3) is 6.08 Å². The van der Waals surface area contributed by atoms with Gasteiger partial charge in [-0.1, -0.05) is 12.7 Å². The highest BCUT2D eigenvalue weighted by molar-refractivity contribution is 6.14. The molecule has 1 N–H and O–H groups in total. The number of furan rings is 1. The van der Waals surface area contributed by atoms with E-state index in [1.54, 1.807) is 18.2 Å². The van der Waals surface area contributed by atoms with Gasteiger partial charge in [-0.2, -0.15) is 0 Å². The molecule has 1 aliphatic rings. The molecule has 0 spiro atoms. The van der Waals surface area contributed by atoms with Crippen molar-refractivity contribution >= 4 is 29.7 Å². The average Bonchev–Trinajstić information content (AvgIpc) is 3.32. The molecule has 9 nitrogen and oxygen atoms in total. The molecule has 1 aromatic heterocycles. The molecule has 2 heterocycles. The Balaban J connectivity index is 1.83. The molecule has 1 fully saturated rings. The van der Waals surface area contributed by atoms with Gasteiger partial charge in [-0.05, 0) is 30.3 Å². The first-order valence-electron chi connectivity index (χ1n) is 9.40. The van der Waals surface area contributed by atoms with Crippen LogP contribution in [0.4, 0.5) is 10.5 Å². The van der Waals surface area contributed by atoms with Gasteiger partial charge in [0.25, 0.3) is 5.91 Å². The third-order valence-corrected chi connectivity index (χ3v) is 4.49. The molecule has 0 bridgehead atoms. The Morgan fingerprint density at radius 1 is 1.26 bits per heavy atom. The first-order chi connectivity index (χ1) is 14.8. The maximum Gasteiger partial charge on any atom is 0.373 e. The van der Waals surface area contributed by atoms with E-state index in [9.17, 15) is 14.4 Å². The number of methoxy groups -OCH3 is 1. The molecule has 31 heavy (non-hydrogen) atoms. The topological polar surface area (TPSA) is 101 Å². The van der Waals surface area contributed by atoms with Crippen molar-refractivity contribution in [3.05, 3.63) is 65.8 Å². The number of benzene rings is 1. The van der Waals surface area contributed by atoms with E-state index in [-0.39, 0.29) is 23.8 Å². The summed E-state index contributed by atoms with van der Waals surface area (Å²) < 4.78 is 15.7. The summed E-state index contributed by atoms with van der Waals surface area (Å²) >= 11 is 0. The Morgan fingerprint density at radius 3 is 2.71 bits per heavy atom. The number of nitrogens with one attached hydrogen (secondary N) is 1. The van der Waals surface area contributed by atoms with Crippen molar-refractivity contribution in [1.29, 1.82) is 0 Å². The summed E-state index contributed by atoms with van der Waals surface area (Å²) in [7, 11) is 5.05. The molecule has 0 aliphatic carbocycles. The first kappa shape index (κ1) is 21.7. The van der Waals surface area contributed by atoms with Crippen molar-refractivity contribution in [2.45, 2.75) is 6.54 Å². The summed E-state index contributed by atoms with van der Waals surface area (Å²) in [6.07, 6.45) is 3.18. The lowest BCUT2D eigenvalue weighted by Gasteiger charge is -2.16. The van der Waals surface area contributed by atoms with Crippen LogP contribution in [0.5, 0.6) is 5.75 Å². The van der Waals surface area contributed by atoms with E-state index in [0.717, 1.165) is 10.6 Å². The molecule has 3 amide bonds. The van der Waals surface area contributed by atoms with Gasteiger partial charge >= 0.3 is 12.0 Å². The van der Waals surface area contributed by atoms with Crippen molar-refractivity contribution < 1.29 is 28.3 Å². The maximum absolute atomic E-state index is 12.8. The number of hydrogen-bond acceptors (Lipinski definition) is 7. The molecule has 1 aliphatic heterocycles. The normalized spacial score (nSPS) is 14.5. The highest BCUT2D eigenvalue weighted by Gasteiger charge is 2.34. The SMILES string of the molecule is C=CCOc1cc(N(C)C)ccc1C=C1NC(=O)N(Cc2ccc(C(=O)OC)o2)C1=O. The van der Waals surface area contributed by atoms with Gasteiger partial charge < -0.3 is 24.1 Å². The van der Waals surface area contributed by atoms with Crippen molar-refractivity contribution in [1.82, 2.24) is 10.2 Å². The van der Waals surface area contributed by atoms with Crippen molar-refractivity contribution in [3.8, 4) is 5.75 Å². The quantitative estimate of drug-likeness (QED) is 0.300. The zero-order valence-corrected chi connectivity index (χ0v) is 17.5. The fraction of sp³-hybridized carbons (Fsp3) is 0.227. The second-order valence-corrected chi connectivity index (χ2v) is 6.85. The number of anilines is 1. The zero-order valence-electron chi connectivity index (χ0n) is 17.5. The molecule has 1 saturated heterocycles. The summed E-state index contributed by atoms with van der Waals surface area (Å²) in [5, 5.41) is 2.56. The van der Waals surface area contributed by atoms with Crippen LogP contribution in [-0.2, 0) is 16.1 Å². The van der Waals surface area contributed by atoms with Crippen LogP contribution >= 0.6 is 0 Å². The van der Waals surface area contributed by atoms with Crippen LogP contribution in [-0.4, -0.2) is 50.6 Å². The molecule has 0 unspecified atom stereocenters. The summed E-state index contributed by atoms with van der Waals surface area (Å²) in [6.45, 7) is 3.82. The van der Waals surface area contributed by atoms with E-state index in [1.165, 1.54) is 19.2 Å². The highest BCUT2D eigenvalue weighted by Crippen LogP contribution is 2.28. The number of hydrogen-bond donors (Lipinski definition) is 1. The van der Waals surface area contributed by atoms with Crippen LogP contribution in [0, 0.1) is 0 Å². The number of amides is 3. The first-order valence-corrected chi connectivity index (χ1v) is 9.40. The number of imide groups is 1. The second-order valence-electron chi connectivity index (χ2n) is 6.85. The van der Waals surface area contributed by atoms with Gasteiger partial charge in [-0.15, -0.1) is 0 Å². The Kier molecular flexibility index (Phi) is 6.44. The van der Waals surface area contributed by atoms with E-state index >= 15 is 0 Å². The summed E-state index contributed by atoms with van der Waals surface area (Å²) in [5.41, 5.74) is 1.65. The number of ether oxygens (including phenoxy) is 2. The lowest BCUT2D eigenvalue weighted by atomic mass is 10.1. The van der Waals surface area contributed by atoms with Crippen molar-refractivity contribution in [2.75, 3.05) is 32.7 Å². The predicted molar refractivity (Wildman–Crippen MR) is 114 cm³/mol. The monoisotopic (exact) mass is 425 g/mol. The summed E-state index contributed by atoms with van der Waals surface area (Å²) in [5.74, 6) is -0.349. The average molecular weight is 425 g/mol. The third kappa shape index (κ3) is 4.77. The van der Waals surface area contributed by atoms with E-state index in [4.69, 9.17) is 9.15 Å². The minimum absolute atomic E-state index is 0.00897. The Morgan fingerprint density at radius 2 is 2.03 bits per heavy atom. The smallest absolute Gasteiger partial charge is 0.373 e. The molecule has 0 atom stereocenters. The van der Waals surface area contributed by atoms with Crippen molar-refractivity contribution in [2.24, 2.45) is 0 Å². The highest BCUT2D eigenvalue weighted by atomic mass is 16.5. The van der Waals surface area contributed by atoms with E-state index in [0.29, 0.717) is 17.9 Å². The summed E-state index contributed by atoms with van der Waals surface area (Å²) in [6, 6.07) is 7.86. The van der Waals surface area contributed by atoms with Crippen molar-refractivity contribution in [3.63, 3.8) is 0 Å². The molecule has 1 aromatic carbocycles. The number of carbonyl (C=O) groups is 3. The number of urea groups is 1. The van der Waals surface area contributed by atoms with Gasteiger partial charge in [0.1, 0.15) is 23.8 Å². The van der Waals surface area contributed by atoms with Gasteiger partial charge in [0.05, 0.1) is 13.7 Å². The van der Waals surface area contributed by atoms with E-state index in [1.807, 2.05) is 31.1 Å². The van der Waals surface area contributed by atoms with Gasteiger partial charge in [0.2, 0.25) is 5.76 Å². The van der Waals surface area contributed by atoms with Crippen LogP contribution in [0.3, 0.4) is 0 Å². The molecule has 3 rings (SSSR count). The third-order valence-electron chi connectivity index (χ3n) is 4.49. The molecule has 9 heteroatoms. The minimum atomic E-state index is -0.641. The van der Waals surface area contributed by atoms with Crippen LogP contribution in [0.2, 0.25) is 0 Å². The molecule has 0 radical (unpaired) electrons. The van der Waals surface area contributed by atoms with Gasteiger partial charge in [-0.25, -0.2) is 9.59 Å². The lowest BCUT2D eigenvalue weighted by Crippen LogP contribution is -2.30. The summed E-state index contributed by atoms with van der Waals surface area (Å²) in [4.78, 5) is 39.6. The lowest BCUT2D eigenvalue weighted by molar-refractivity contribution is -0.123. The van der Waals surface area contributed by atoms with E-state index < -0.39 is 17.9 Å². The number of esters is 1. The predicted octanol–water partition coefficient (Wildman–Crippen LogP) is 2.79. The molecule has 2 aromatic rings. The van der Waals surface area contributed by atoms with Gasteiger partial charge in [0, 0.05) is 31.4 Å². The second kappa shape index (κ2) is 9.21. The fourth-order valence-electron chi connectivity index (χ4n) is 2.89. The largest absolute Gasteiger partial charge is 0.489 e. The fourth-order valence-corrected chi connectivity index (χ4v) is 2.89. The number of carbonyl (C=O) groups excluding carboxylic acids is 3. The van der Waals surface area contributed by atoms with Crippen LogP contribution in [0.1, 0.15) is 21.9 Å². The Labute approximate surface area is 179 Å². The van der Waals surface area contributed by atoms with Crippen LogP contribution in [0.15, 0.2) is 53.1 Å². The molecular weight excluding hydrogens is 402 g/mol. The maximum atomic E-state index is 12.8.